The standard InChI is InChI=1S/C66H115N2O7P/c1-7-10-13-16-19-22-25-28-30-32-34-36-38-40-43-46-49-52-55-58-65(69)67-63(62-74-76(71,72)73-61-60-68(4,5)6)64(57-54-51-48-45-42-27-24-21-18-15-12-9-3)75-66(70)59-56-53-50-47-44-41-39-37-35-33-31-29-26-23-20-17-14-11-8-2/h11,14,19-20,22-23,28-31,35,37,41,44,50,53-54,57,63-64H,7-10,12-13,15-18,21,24-27,32-34,36,38-40,42-43,45-49,51-52,55-56,58-62H2,1-6H3,(H-,67,69,71,72)/b14-11-,22-19-,23-20-,30-28-,31-29-,37-35-,44-41-,53-50-,57-54+. The maximum Gasteiger partial charge on any atom is 0.306 e. The molecule has 0 aromatic carbocycles. The van der Waals surface area contributed by atoms with Crippen molar-refractivity contribution in [3.8, 4) is 0 Å². The van der Waals surface area contributed by atoms with Gasteiger partial charge in [-0.3, -0.25) is 14.2 Å². The van der Waals surface area contributed by atoms with Gasteiger partial charge in [0.1, 0.15) is 19.3 Å². The first-order chi connectivity index (χ1) is 36.9. The van der Waals surface area contributed by atoms with E-state index in [2.05, 4.69) is 111 Å². The average molecular weight is 1080 g/mol. The minimum Gasteiger partial charge on any atom is -0.756 e. The summed E-state index contributed by atoms with van der Waals surface area (Å²) in [6.07, 6.45) is 74.9. The SMILES string of the molecule is CC/C=C\C/C=C\C/C=C\C/C=C\C/C=C\C/C=C\CCC(=O)OC(/C=C/CCCCCCCCCCCC)C(COP(=O)([O-])OCC[N+](C)(C)C)NC(=O)CCCCCCCCCCC/C=C\C/C=C\CCCCC. The van der Waals surface area contributed by atoms with Gasteiger partial charge < -0.3 is 28.5 Å². The monoisotopic (exact) mass is 1080 g/mol. The van der Waals surface area contributed by atoms with Crippen molar-refractivity contribution in [1.29, 1.82) is 0 Å². The van der Waals surface area contributed by atoms with Crippen LogP contribution in [-0.2, 0) is 27.9 Å². The lowest BCUT2D eigenvalue weighted by Gasteiger charge is -2.30. The van der Waals surface area contributed by atoms with Crippen LogP contribution in [0.3, 0.4) is 0 Å². The maximum atomic E-state index is 13.5. The first-order valence-corrected chi connectivity index (χ1v) is 32.2. The summed E-state index contributed by atoms with van der Waals surface area (Å²) in [5.74, 6) is -0.649. The number of hydrogen-bond acceptors (Lipinski definition) is 7. The molecule has 0 aromatic heterocycles. The molecule has 0 aromatic rings. The molecule has 1 amide bonds. The molecule has 10 heteroatoms. The number of quaternary nitrogens is 1. The minimum absolute atomic E-state index is 0.0394. The highest BCUT2D eigenvalue weighted by molar-refractivity contribution is 7.45. The van der Waals surface area contributed by atoms with Crippen LogP contribution < -0.4 is 10.2 Å². The Morgan fingerprint density at radius 3 is 1.32 bits per heavy atom. The van der Waals surface area contributed by atoms with Gasteiger partial charge >= 0.3 is 5.97 Å². The van der Waals surface area contributed by atoms with Gasteiger partial charge in [0.15, 0.2) is 0 Å². The van der Waals surface area contributed by atoms with Gasteiger partial charge in [0.25, 0.3) is 7.82 Å². The normalized spacial score (nSPS) is 14.5. The molecule has 0 spiro atoms. The Kier molecular flexibility index (Phi) is 52.6. The lowest BCUT2D eigenvalue weighted by Crippen LogP contribution is -2.47. The number of phosphoric ester groups is 1. The molecule has 0 saturated carbocycles. The number of carbonyl (C=O) groups excluding carboxylic acids is 2. The van der Waals surface area contributed by atoms with Crippen LogP contribution in [-0.4, -0.2) is 69.4 Å². The molecule has 0 fully saturated rings. The number of carbonyl (C=O) groups is 2. The van der Waals surface area contributed by atoms with Crippen LogP contribution in [0.25, 0.3) is 0 Å². The Morgan fingerprint density at radius 2 is 0.855 bits per heavy atom. The van der Waals surface area contributed by atoms with Gasteiger partial charge in [-0.15, -0.1) is 0 Å². The Hall–Kier alpha value is -3.33. The fourth-order valence-electron chi connectivity index (χ4n) is 8.22. The molecule has 0 aliphatic rings. The Bertz CT molecular complexity index is 1670. The molecule has 0 rings (SSSR count). The summed E-state index contributed by atoms with van der Waals surface area (Å²) < 4.78 is 30.2. The van der Waals surface area contributed by atoms with Crippen molar-refractivity contribution in [3.63, 3.8) is 0 Å². The molecule has 0 bridgehead atoms. The van der Waals surface area contributed by atoms with Gasteiger partial charge in [-0.1, -0.05) is 240 Å². The third kappa shape index (κ3) is 55.4. The van der Waals surface area contributed by atoms with Gasteiger partial charge in [0, 0.05) is 12.8 Å². The number of hydrogen-bond donors (Lipinski definition) is 1. The number of allylic oxidation sites excluding steroid dienone is 17. The van der Waals surface area contributed by atoms with Crippen molar-refractivity contribution in [2.75, 3.05) is 40.9 Å². The molecule has 0 aliphatic heterocycles. The van der Waals surface area contributed by atoms with Crippen molar-refractivity contribution in [3.05, 3.63) is 109 Å². The molecular formula is C66H115N2O7P. The Labute approximate surface area is 468 Å². The van der Waals surface area contributed by atoms with Crippen LogP contribution in [0.15, 0.2) is 109 Å². The van der Waals surface area contributed by atoms with Crippen LogP contribution in [0.1, 0.15) is 245 Å². The first-order valence-electron chi connectivity index (χ1n) is 30.7. The number of unbranched alkanes of at least 4 members (excludes halogenated alkanes) is 22. The van der Waals surface area contributed by atoms with Gasteiger partial charge in [0.05, 0.1) is 33.8 Å². The van der Waals surface area contributed by atoms with Crippen molar-refractivity contribution in [2.24, 2.45) is 0 Å². The number of esters is 1. The van der Waals surface area contributed by atoms with Gasteiger partial charge in [0.2, 0.25) is 5.91 Å². The van der Waals surface area contributed by atoms with E-state index in [4.69, 9.17) is 13.8 Å². The average Bonchev–Trinajstić information content (AvgIpc) is 3.38. The molecule has 76 heavy (non-hydrogen) atoms. The van der Waals surface area contributed by atoms with Crippen LogP contribution in [0, 0.1) is 0 Å². The van der Waals surface area contributed by atoms with Crippen molar-refractivity contribution >= 4 is 19.7 Å². The molecule has 436 valence electrons. The molecule has 0 heterocycles. The second kappa shape index (κ2) is 55.0. The van der Waals surface area contributed by atoms with Crippen molar-refractivity contribution in [1.82, 2.24) is 5.32 Å². The smallest absolute Gasteiger partial charge is 0.306 e. The fourth-order valence-corrected chi connectivity index (χ4v) is 8.95. The predicted octanol–water partition coefficient (Wildman–Crippen LogP) is 18.3. The second-order valence-corrected chi connectivity index (χ2v) is 22.9. The van der Waals surface area contributed by atoms with E-state index >= 15 is 0 Å². The predicted molar refractivity (Wildman–Crippen MR) is 325 cm³/mol. The van der Waals surface area contributed by atoms with E-state index < -0.39 is 32.5 Å². The number of nitrogens with one attached hydrogen (secondary N) is 1. The molecule has 9 nitrogen and oxygen atoms in total. The summed E-state index contributed by atoms with van der Waals surface area (Å²) in [5.41, 5.74) is 0. The van der Waals surface area contributed by atoms with E-state index in [0.29, 0.717) is 23.9 Å². The first kappa shape index (κ1) is 72.7. The lowest BCUT2D eigenvalue weighted by molar-refractivity contribution is -0.870. The molecule has 0 radical (unpaired) electrons. The summed E-state index contributed by atoms with van der Waals surface area (Å²) >= 11 is 0. The highest BCUT2D eigenvalue weighted by atomic mass is 31.2. The number of amides is 1. The van der Waals surface area contributed by atoms with Crippen LogP contribution in [0.5, 0.6) is 0 Å². The summed E-state index contributed by atoms with van der Waals surface area (Å²) in [6, 6.07) is -0.928. The van der Waals surface area contributed by atoms with Gasteiger partial charge in [-0.05, 0) is 102 Å². The van der Waals surface area contributed by atoms with Gasteiger partial charge in [-0.2, -0.15) is 0 Å². The van der Waals surface area contributed by atoms with Crippen molar-refractivity contribution in [2.45, 2.75) is 258 Å². The summed E-state index contributed by atoms with van der Waals surface area (Å²) in [4.78, 5) is 39.9. The largest absolute Gasteiger partial charge is 0.756 e. The number of rotatable bonds is 54. The Balaban J connectivity index is 5.40. The highest BCUT2D eigenvalue weighted by Gasteiger charge is 2.27. The third-order valence-corrected chi connectivity index (χ3v) is 13.9. The summed E-state index contributed by atoms with van der Waals surface area (Å²) in [7, 11) is 1.13. The van der Waals surface area contributed by atoms with E-state index in [9.17, 15) is 19.0 Å². The quantitative estimate of drug-likeness (QED) is 0.0212. The molecule has 1 N–H and O–H groups in total. The van der Waals surface area contributed by atoms with E-state index in [0.717, 1.165) is 96.3 Å². The van der Waals surface area contributed by atoms with Gasteiger partial charge in [-0.25, -0.2) is 0 Å². The molecular weight excluding hydrogens is 964 g/mol. The number of likely N-dealkylation sites (N-methyl/N-ethyl adjacent to an activating group) is 1. The van der Waals surface area contributed by atoms with E-state index in [1.807, 2.05) is 39.4 Å². The molecule has 3 unspecified atom stereocenters. The van der Waals surface area contributed by atoms with Crippen LogP contribution in [0.2, 0.25) is 0 Å². The van der Waals surface area contributed by atoms with E-state index in [1.54, 1.807) is 6.08 Å². The third-order valence-electron chi connectivity index (χ3n) is 13.0. The zero-order chi connectivity index (χ0) is 55.7. The minimum atomic E-state index is -4.72. The summed E-state index contributed by atoms with van der Waals surface area (Å²) in [5, 5.41) is 3.00. The zero-order valence-electron chi connectivity index (χ0n) is 49.7. The van der Waals surface area contributed by atoms with Crippen molar-refractivity contribution < 1.29 is 37.3 Å². The molecule has 0 saturated heterocycles. The molecule has 0 aliphatic carbocycles. The van der Waals surface area contributed by atoms with Crippen LogP contribution in [0.4, 0.5) is 0 Å². The molecule has 3 atom stereocenters. The van der Waals surface area contributed by atoms with E-state index in [1.165, 1.54) is 109 Å². The van der Waals surface area contributed by atoms with E-state index in [-0.39, 0.29) is 18.9 Å². The summed E-state index contributed by atoms with van der Waals surface area (Å²) in [6.45, 7) is 6.64. The topological polar surface area (TPSA) is 114 Å². The zero-order valence-corrected chi connectivity index (χ0v) is 50.6. The van der Waals surface area contributed by atoms with Crippen LogP contribution >= 0.6 is 7.82 Å². The number of nitrogens with zero attached hydrogens (tertiary/aromatic N) is 1. The number of ether oxygens (including phenoxy) is 1. The second-order valence-electron chi connectivity index (χ2n) is 21.5. The lowest BCUT2D eigenvalue weighted by atomic mass is 10.0. The number of phosphoric acid groups is 1. The highest BCUT2D eigenvalue weighted by Crippen LogP contribution is 2.38. The fraction of sp³-hybridized carbons (Fsp3) is 0.697. The maximum absolute atomic E-state index is 13.5. The Morgan fingerprint density at radius 1 is 0.474 bits per heavy atom.